The molecule has 0 aromatic heterocycles. The average molecular weight is 1110 g/mol. The van der Waals surface area contributed by atoms with Gasteiger partial charge in [-0.05, 0) is 109 Å². The lowest BCUT2D eigenvalue weighted by molar-refractivity contribution is -0.167. The highest BCUT2D eigenvalue weighted by atomic mass is 16.6. The number of ether oxygens (including phenoxy) is 3. The summed E-state index contributed by atoms with van der Waals surface area (Å²) in [7, 11) is 0. The molecule has 0 N–H and O–H groups in total. The lowest BCUT2D eigenvalue weighted by atomic mass is 10.0. The summed E-state index contributed by atoms with van der Waals surface area (Å²) in [5.41, 5.74) is 0. The van der Waals surface area contributed by atoms with Crippen molar-refractivity contribution in [3.63, 3.8) is 0 Å². The van der Waals surface area contributed by atoms with Crippen LogP contribution in [0, 0.1) is 0 Å². The second-order valence-corrected chi connectivity index (χ2v) is 21.6. The molecule has 0 bridgehead atoms. The first-order valence-electron chi connectivity index (χ1n) is 33.2. The Labute approximate surface area is 494 Å². The smallest absolute Gasteiger partial charge is 0.306 e. The molecule has 0 amide bonds. The van der Waals surface area contributed by atoms with Gasteiger partial charge in [0, 0.05) is 19.3 Å². The molecule has 0 rings (SSSR count). The van der Waals surface area contributed by atoms with Crippen molar-refractivity contribution in [1.82, 2.24) is 0 Å². The molecule has 6 nitrogen and oxygen atoms in total. The van der Waals surface area contributed by atoms with Crippen LogP contribution in [0.4, 0.5) is 0 Å². The Hall–Kier alpha value is -4.45. The van der Waals surface area contributed by atoms with Gasteiger partial charge < -0.3 is 14.2 Å². The van der Waals surface area contributed by atoms with E-state index in [2.05, 4.69) is 154 Å². The zero-order chi connectivity index (χ0) is 57.8. The molecule has 0 radical (unpaired) electrons. The maximum atomic E-state index is 12.9. The van der Waals surface area contributed by atoms with Gasteiger partial charge in [-0.15, -0.1) is 0 Å². The first-order chi connectivity index (χ1) is 39.5. The van der Waals surface area contributed by atoms with Crippen molar-refractivity contribution in [2.75, 3.05) is 13.2 Å². The van der Waals surface area contributed by atoms with E-state index in [4.69, 9.17) is 14.2 Å². The van der Waals surface area contributed by atoms with Crippen LogP contribution in [0.1, 0.15) is 297 Å². The Morgan fingerprint density at radius 3 is 0.812 bits per heavy atom. The highest BCUT2D eigenvalue weighted by Gasteiger charge is 2.19. The van der Waals surface area contributed by atoms with E-state index in [1.807, 2.05) is 0 Å². The van der Waals surface area contributed by atoms with Crippen LogP contribution in [0.25, 0.3) is 0 Å². The van der Waals surface area contributed by atoms with Crippen LogP contribution in [-0.4, -0.2) is 37.2 Å². The van der Waals surface area contributed by atoms with E-state index in [1.54, 1.807) is 0 Å². The molecule has 0 aromatic carbocycles. The number of carbonyl (C=O) groups excluding carboxylic acids is 3. The van der Waals surface area contributed by atoms with Gasteiger partial charge in [0.05, 0.1) is 0 Å². The van der Waals surface area contributed by atoms with Crippen LogP contribution in [0.5, 0.6) is 0 Å². The van der Waals surface area contributed by atoms with E-state index in [0.29, 0.717) is 19.3 Å². The van der Waals surface area contributed by atoms with Crippen LogP contribution in [-0.2, 0) is 28.6 Å². The third-order valence-corrected chi connectivity index (χ3v) is 13.9. The van der Waals surface area contributed by atoms with Crippen molar-refractivity contribution in [3.05, 3.63) is 134 Å². The number of hydrogen-bond acceptors (Lipinski definition) is 6. The van der Waals surface area contributed by atoms with Gasteiger partial charge in [0.15, 0.2) is 6.10 Å². The molecule has 0 aromatic rings. The third-order valence-electron chi connectivity index (χ3n) is 13.9. The molecule has 0 saturated heterocycles. The summed E-state index contributed by atoms with van der Waals surface area (Å²) in [5.74, 6) is -0.972. The molecular formula is C74H122O6. The van der Waals surface area contributed by atoms with Gasteiger partial charge in [-0.1, -0.05) is 302 Å². The highest BCUT2D eigenvalue weighted by Crippen LogP contribution is 2.16. The second kappa shape index (κ2) is 67.1. The zero-order valence-corrected chi connectivity index (χ0v) is 52.0. The summed E-state index contributed by atoms with van der Waals surface area (Å²) in [6, 6.07) is 0. The van der Waals surface area contributed by atoms with E-state index in [0.717, 1.165) is 128 Å². The van der Waals surface area contributed by atoms with Crippen molar-refractivity contribution in [2.24, 2.45) is 0 Å². The Kier molecular flexibility index (Phi) is 63.3. The molecule has 0 spiro atoms. The normalized spacial score (nSPS) is 13.0. The molecule has 1 atom stereocenters. The van der Waals surface area contributed by atoms with Crippen molar-refractivity contribution in [2.45, 2.75) is 303 Å². The lowest BCUT2D eigenvalue weighted by Gasteiger charge is -2.18. The van der Waals surface area contributed by atoms with Crippen molar-refractivity contribution in [1.29, 1.82) is 0 Å². The van der Waals surface area contributed by atoms with Gasteiger partial charge in [0.25, 0.3) is 0 Å². The number of rotatable bonds is 59. The summed E-state index contributed by atoms with van der Waals surface area (Å²) in [6.45, 7) is 6.38. The molecule has 80 heavy (non-hydrogen) atoms. The van der Waals surface area contributed by atoms with Crippen LogP contribution < -0.4 is 0 Å². The van der Waals surface area contributed by atoms with Gasteiger partial charge in [0.1, 0.15) is 13.2 Å². The summed E-state index contributed by atoms with van der Waals surface area (Å²) in [5, 5.41) is 0. The molecule has 6 heteroatoms. The predicted molar refractivity (Wildman–Crippen MR) is 348 cm³/mol. The zero-order valence-electron chi connectivity index (χ0n) is 52.0. The SMILES string of the molecule is CC/C=C\C/C=C\C/C=C\C/C=C\C/C=C\C/C=C\C/C=C\CCCC(=O)OCC(COC(=O)CCCCCCCC/C=C\C/C=C\C/C=C\C/C=C\CC)OC(=O)CCCCCCCCCCCCCCCCCCCCCC. The van der Waals surface area contributed by atoms with Gasteiger partial charge in [0.2, 0.25) is 0 Å². The minimum Gasteiger partial charge on any atom is -0.462 e. The molecule has 0 fully saturated rings. The fourth-order valence-electron chi connectivity index (χ4n) is 9.01. The van der Waals surface area contributed by atoms with E-state index in [-0.39, 0.29) is 37.5 Å². The minimum atomic E-state index is -0.813. The molecule has 0 aliphatic heterocycles. The van der Waals surface area contributed by atoms with E-state index in [9.17, 15) is 14.4 Å². The Morgan fingerprint density at radius 2 is 0.500 bits per heavy atom. The van der Waals surface area contributed by atoms with Gasteiger partial charge in [-0.25, -0.2) is 0 Å². The fourth-order valence-corrected chi connectivity index (χ4v) is 9.01. The molecule has 0 aliphatic rings. The lowest BCUT2D eigenvalue weighted by Crippen LogP contribution is -2.30. The standard InChI is InChI=1S/C74H122O6/c1-4-7-10-13-16-19-22-25-28-31-34-36-37-38-41-43-46-49-52-55-58-61-64-67-73(76)79-70-71(69-78-72(75)66-63-60-57-54-51-48-45-42-39-33-30-27-24-21-18-15-12-9-6-3)80-74(77)68-65-62-59-56-53-50-47-44-40-35-32-29-26-23-20-17-14-11-8-5-2/h7,9-10,12,16,18-19,21,25,27-28,30,34,36,38-39,41-42,46,49,55,58,71H,4-6,8,11,13-15,17,20,22-24,26,29,31-33,35,37,40,43-45,47-48,50-54,56-57,59-70H2,1-3H3/b10-7-,12-9-,19-16-,21-18-,28-25-,30-27-,36-34-,41-38-,42-39-,49-46-,58-55-. The topological polar surface area (TPSA) is 78.9 Å². The first kappa shape index (κ1) is 75.5. The molecule has 0 heterocycles. The molecular weight excluding hydrogens is 985 g/mol. The van der Waals surface area contributed by atoms with Gasteiger partial charge >= 0.3 is 17.9 Å². The molecule has 454 valence electrons. The van der Waals surface area contributed by atoms with Crippen LogP contribution >= 0.6 is 0 Å². The maximum absolute atomic E-state index is 12.9. The Bertz CT molecular complexity index is 1700. The highest BCUT2D eigenvalue weighted by molar-refractivity contribution is 5.71. The number of allylic oxidation sites excluding steroid dienone is 22. The van der Waals surface area contributed by atoms with E-state index in [1.165, 1.54) is 122 Å². The van der Waals surface area contributed by atoms with Crippen molar-refractivity contribution in [3.8, 4) is 0 Å². The number of hydrogen-bond donors (Lipinski definition) is 0. The summed E-state index contributed by atoms with van der Waals surface area (Å²) < 4.78 is 16.9. The summed E-state index contributed by atoms with van der Waals surface area (Å²) >= 11 is 0. The second-order valence-electron chi connectivity index (χ2n) is 21.6. The largest absolute Gasteiger partial charge is 0.462 e. The maximum Gasteiger partial charge on any atom is 0.306 e. The van der Waals surface area contributed by atoms with Crippen LogP contribution in [0.2, 0.25) is 0 Å². The van der Waals surface area contributed by atoms with Gasteiger partial charge in [-0.2, -0.15) is 0 Å². The number of unbranched alkanes of at least 4 members (excludes halogenated alkanes) is 26. The third kappa shape index (κ3) is 64.4. The average Bonchev–Trinajstić information content (AvgIpc) is 3.46. The molecule has 0 aliphatic carbocycles. The molecule has 0 saturated carbocycles. The number of carbonyl (C=O) groups is 3. The minimum absolute atomic E-state index is 0.105. The predicted octanol–water partition coefficient (Wildman–Crippen LogP) is 22.9. The van der Waals surface area contributed by atoms with Crippen molar-refractivity contribution >= 4 is 17.9 Å². The fraction of sp³-hybridized carbons (Fsp3) is 0.662. The first-order valence-corrected chi connectivity index (χ1v) is 33.2. The van der Waals surface area contributed by atoms with Crippen LogP contribution in [0.15, 0.2) is 134 Å². The van der Waals surface area contributed by atoms with Crippen LogP contribution in [0.3, 0.4) is 0 Å². The van der Waals surface area contributed by atoms with E-state index >= 15 is 0 Å². The summed E-state index contributed by atoms with van der Waals surface area (Å²) in [4.78, 5) is 38.4. The monoisotopic (exact) mass is 1110 g/mol. The van der Waals surface area contributed by atoms with E-state index < -0.39 is 6.10 Å². The quantitative estimate of drug-likeness (QED) is 0.0261. The molecule has 1 unspecified atom stereocenters. The summed E-state index contributed by atoms with van der Waals surface area (Å²) in [6.07, 6.45) is 94.6. The Balaban J connectivity index is 4.51. The Morgan fingerprint density at radius 1 is 0.263 bits per heavy atom. The number of esters is 3. The van der Waals surface area contributed by atoms with Gasteiger partial charge in [-0.3, -0.25) is 14.4 Å². The van der Waals surface area contributed by atoms with Crippen molar-refractivity contribution < 1.29 is 28.6 Å².